The number of likely N-dealkylation sites (tertiary alicyclic amines) is 1. The molecule has 0 aromatic heterocycles. The van der Waals surface area contributed by atoms with Gasteiger partial charge in [-0.05, 0) is 19.4 Å². The lowest BCUT2D eigenvalue weighted by Gasteiger charge is -2.30. The van der Waals surface area contributed by atoms with E-state index in [1.54, 1.807) is 12.0 Å². The molecule has 0 spiro atoms. The summed E-state index contributed by atoms with van der Waals surface area (Å²) in [6, 6.07) is 9.63. The normalized spacial score (nSPS) is 20.8. The Labute approximate surface area is 138 Å². The second-order valence-electron chi connectivity index (χ2n) is 5.76. The molecule has 1 aromatic carbocycles. The molecule has 1 saturated heterocycles. The smallest absolute Gasteiger partial charge is 0.228 e. The maximum atomic E-state index is 12.9. The summed E-state index contributed by atoms with van der Waals surface area (Å²) in [5, 5.41) is 0. The molecule has 0 unspecified atom stereocenters. The maximum Gasteiger partial charge on any atom is 0.228 e. The van der Waals surface area contributed by atoms with Crippen molar-refractivity contribution < 1.29 is 14.3 Å². The van der Waals surface area contributed by atoms with Crippen LogP contribution in [0.5, 0.6) is 0 Å². The summed E-state index contributed by atoms with van der Waals surface area (Å²) in [5.74, 6) is -0.222. The largest absolute Gasteiger partial charge is 0.383 e. The van der Waals surface area contributed by atoms with Gasteiger partial charge in [-0.2, -0.15) is 0 Å². The molecule has 5 heteroatoms. The number of carbonyl (C=O) groups is 2. The minimum Gasteiger partial charge on any atom is -0.383 e. The standard InChI is InChI=1S/C18H26N2O3/c1-4-19(5-2)18(22)15-13-16(21)20(11-12-23-3)17(15)14-9-7-6-8-10-14/h6-10,15,17H,4-5,11-13H2,1-3H3/t15-,17+/m1/s1. The fraction of sp³-hybridized carbons (Fsp3) is 0.556. The molecule has 2 rings (SSSR count). The zero-order valence-electron chi connectivity index (χ0n) is 14.2. The van der Waals surface area contributed by atoms with Crippen molar-refractivity contribution in [3.05, 3.63) is 35.9 Å². The molecule has 23 heavy (non-hydrogen) atoms. The highest BCUT2D eigenvalue weighted by molar-refractivity contribution is 5.90. The number of rotatable bonds is 7. The van der Waals surface area contributed by atoms with Crippen molar-refractivity contribution in [3.63, 3.8) is 0 Å². The molecule has 1 fully saturated rings. The Morgan fingerprint density at radius 3 is 2.48 bits per heavy atom. The van der Waals surface area contributed by atoms with Gasteiger partial charge in [0.05, 0.1) is 18.6 Å². The average Bonchev–Trinajstić information content (AvgIpc) is 2.91. The number of benzene rings is 1. The number of methoxy groups -OCH3 is 1. The van der Waals surface area contributed by atoms with Gasteiger partial charge in [0.1, 0.15) is 0 Å². The predicted octanol–water partition coefficient (Wildman–Crippen LogP) is 2.09. The lowest BCUT2D eigenvalue weighted by atomic mass is 9.92. The molecule has 2 amide bonds. The number of hydrogen-bond acceptors (Lipinski definition) is 3. The molecule has 1 heterocycles. The van der Waals surface area contributed by atoms with Crippen LogP contribution in [-0.2, 0) is 14.3 Å². The molecule has 0 bridgehead atoms. The number of carbonyl (C=O) groups excluding carboxylic acids is 2. The quantitative estimate of drug-likeness (QED) is 0.773. The second kappa shape index (κ2) is 8.11. The molecule has 5 nitrogen and oxygen atoms in total. The Balaban J connectivity index is 2.33. The van der Waals surface area contributed by atoms with Crippen LogP contribution in [0.25, 0.3) is 0 Å². The van der Waals surface area contributed by atoms with Gasteiger partial charge in [0, 0.05) is 33.2 Å². The van der Waals surface area contributed by atoms with Crippen LogP contribution in [0.4, 0.5) is 0 Å². The number of ether oxygens (including phenoxy) is 1. The van der Waals surface area contributed by atoms with Crippen molar-refractivity contribution in [2.24, 2.45) is 5.92 Å². The van der Waals surface area contributed by atoms with Crippen LogP contribution >= 0.6 is 0 Å². The summed E-state index contributed by atoms with van der Waals surface area (Å²) in [6.45, 7) is 6.26. The van der Waals surface area contributed by atoms with Crippen LogP contribution < -0.4 is 0 Å². The summed E-state index contributed by atoms with van der Waals surface area (Å²) < 4.78 is 5.13. The zero-order valence-corrected chi connectivity index (χ0v) is 14.2. The first-order valence-electron chi connectivity index (χ1n) is 8.26. The van der Waals surface area contributed by atoms with Crippen molar-refractivity contribution in [3.8, 4) is 0 Å². The minimum absolute atomic E-state index is 0.0291. The first-order chi connectivity index (χ1) is 11.1. The van der Waals surface area contributed by atoms with Crippen molar-refractivity contribution in [2.45, 2.75) is 26.3 Å². The van der Waals surface area contributed by atoms with Gasteiger partial charge in [-0.3, -0.25) is 9.59 Å². The fourth-order valence-electron chi connectivity index (χ4n) is 3.30. The van der Waals surface area contributed by atoms with Gasteiger partial charge < -0.3 is 14.5 Å². The van der Waals surface area contributed by atoms with Crippen LogP contribution in [-0.4, -0.2) is 55.0 Å². The van der Waals surface area contributed by atoms with E-state index in [4.69, 9.17) is 4.74 Å². The predicted molar refractivity (Wildman–Crippen MR) is 88.8 cm³/mol. The molecule has 1 aliphatic rings. The van der Waals surface area contributed by atoms with Gasteiger partial charge in [-0.25, -0.2) is 0 Å². The van der Waals surface area contributed by atoms with Gasteiger partial charge in [0.15, 0.2) is 0 Å². The SMILES string of the molecule is CCN(CC)C(=O)[C@@H]1CC(=O)N(CCOC)[C@H]1c1ccccc1. The monoisotopic (exact) mass is 318 g/mol. The Morgan fingerprint density at radius 1 is 1.26 bits per heavy atom. The third-order valence-corrected chi connectivity index (χ3v) is 4.50. The number of amides is 2. The van der Waals surface area contributed by atoms with E-state index in [2.05, 4.69) is 0 Å². The third kappa shape index (κ3) is 3.72. The second-order valence-corrected chi connectivity index (χ2v) is 5.76. The van der Waals surface area contributed by atoms with E-state index in [9.17, 15) is 9.59 Å². The summed E-state index contributed by atoms with van der Waals surface area (Å²) >= 11 is 0. The Bertz CT molecular complexity index is 528. The molecular formula is C18H26N2O3. The summed E-state index contributed by atoms with van der Waals surface area (Å²) in [4.78, 5) is 29.0. The first-order valence-corrected chi connectivity index (χ1v) is 8.26. The van der Waals surface area contributed by atoms with Crippen LogP contribution in [0.2, 0.25) is 0 Å². The van der Waals surface area contributed by atoms with Crippen molar-refractivity contribution in [2.75, 3.05) is 33.4 Å². The van der Waals surface area contributed by atoms with Gasteiger partial charge in [-0.1, -0.05) is 30.3 Å². The third-order valence-electron chi connectivity index (χ3n) is 4.50. The Kier molecular flexibility index (Phi) is 6.16. The summed E-state index contributed by atoms with van der Waals surface area (Å²) in [5.41, 5.74) is 1.01. The van der Waals surface area contributed by atoms with E-state index in [-0.39, 0.29) is 30.2 Å². The molecule has 0 radical (unpaired) electrons. The van der Waals surface area contributed by atoms with Crippen molar-refractivity contribution in [1.82, 2.24) is 9.80 Å². The van der Waals surface area contributed by atoms with Crippen molar-refractivity contribution in [1.29, 1.82) is 0 Å². The molecule has 1 aromatic rings. The molecular weight excluding hydrogens is 292 g/mol. The summed E-state index contributed by atoms with van der Waals surface area (Å²) in [6.07, 6.45) is 0.276. The van der Waals surface area contributed by atoms with E-state index in [0.29, 0.717) is 26.2 Å². The molecule has 0 aliphatic carbocycles. The number of nitrogens with zero attached hydrogens (tertiary/aromatic N) is 2. The van der Waals surface area contributed by atoms with Crippen LogP contribution in [0.3, 0.4) is 0 Å². The minimum atomic E-state index is -0.318. The highest BCUT2D eigenvalue weighted by Crippen LogP contribution is 2.38. The van der Waals surface area contributed by atoms with Gasteiger partial charge in [-0.15, -0.1) is 0 Å². The fourth-order valence-corrected chi connectivity index (χ4v) is 3.30. The van der Waals surface area contributed by atoms with E-state index in [0.717, 1.165) is 5.56 Å². The average molecular weight is 318 g/mol. The van der Waals surface area contributed by atoms with E-state index < -0.39 is 0 Å². The van der Waals surface area contributed by atoms with Crippen LogP contribution in [0, 0.1) is 5.92 Å². The lowest BCUT2D eigenvalue weighted by Crippen LogP contribution is -2.39. The maximum absolute atomic E-state index is 12.9. The van der Waals surface area contributed by atoms with E-state index in [1.165, 1.54) is 0 Å². The Hall–Kier alpha value is -1.88. The Morgan fingerprint density at radius 2 is 1.91 bits per heavy atom. The molecule has 126 valence electrons. The van der Waals surface area contributed by atoms with E-state index in [1.807, 2.05) is 49.1 Å². The van der Waals surface area contributed by atoms with Crippen LogP contribution in [0.15, 0.2) is 30.3 Å². The van der Waals surface area contributed by atoms with Gasteiger partial charge >= 0.3 is 0 Å². The van der Waals surface area contributed by atoms with Gasteiger partial charge in [0.25, 0.3) is 0 Å². The molecule has 2 atom stereocenters. The molecule has 0 saturated carbocycles. The van der Waals surface area contributed by atoms with Crippen molar-refractivity contribution >= 4 is 11.8 Å². The highest BCUT2D eigenvalue weighted by Gasteiger charge is 2.45. The van der Waals surface area contributed by atoms with E-state index >= 15 is 0 Å². The lowest BCUT2D eigenvalue weighted by molar-refractivity contribution is -0.136. The summed E-state index contributed by atoms with van der Waals surface area (Å²) in [7, 11) is 1.62. The zero-order chi connectivity index (χ0) is 16.8. The van der Waals surface area contributed by atoms with Crippen LogP contribution in [0.1, 0.15) is 31.9 Å². The topological polar surface area (TPSA) is 49.9 Å². The molecule has 1 aliphatic heterocycles. The molecule has 0 N–H and O–H groups in total. The number of hydrogen-bond donors (Lipinski definition) is 0. The highest BCUT2D eigenvalue weighted by atomic mass is 16.5. The first kappa shape index (κ1) is 17.5. The van der Waals surface area contributed by atoms with Gasteiger partial charge in [0.2, 0.25) is 11.8 Å².